The van der Waals surface area contributed by atoms with Crippen molar-refractivity contribution in [2.24, 2.45) is 0 Å². The highest BCUT2D eigenvalue weighted by Crippen LogP contribution is 2.24. The molecule has 0 aliphatic heterocycles. The van der Waals surface area contributed by atoms with Gasteiger partial charge in [0, 0.05) is 5.56 Å². The summed E-state index contributed by atoms with van der Waals surface area (Å²) in [5.74, 6) is -2.67. The Labute approximate surface area is 153 Å². The van der Waals surface area contributed by atoms with Gasteiger partial charge in [-0.2, -0.15) is 0 Å². The first kappa shape index (κ1) is 18.9. The number of benzene rings is 3. The number of hydrogen-bond acceptors (Lipinski definition) is 6. The van der Waals surface area contributed by atoms with E-state index in [0.717, 1.165) is 21.5 Å². The molecule has 7 nitrogen and oxygen atoms in total. The summed E-state index contributed by atoms with van der Waals surface area (Å²) < 4.78 is 0. The summed E-state index contributed by atoms with van der Waals surface area (Å²) in [6.45, 7) is 0. The van der Waals surface area contributed by atoms with Crippen LogP contribution in [0.3, 0.4) is 0 Å². The molecule has 0 aliphatic carbocycles. The Balaban J connectivity index is 1.90. The molecule has 0 aromatic heterocycles. The number of ketones is 1. The summed E-state index contributed by atoms with van der Waals surface area (Å²) in [4.78, 5) is 23.1. The lowest BCUT2D eigenvalue weighted by atomic mass is 9.94. The summed E-state index contributed by atoms with van der Waals surface area (Å²) in [5.41, 5.74) is 0.0846. The van der Waals surface area contributed by atoms with Crippen LogP contribution < -0.4 is 0 Å². The van der Waals surface area contributed by atoms with Crippen LogP contribution in [-0.2, 0) is 4.79 Å². The molecule has 3 aromatic carbocycles. The van der Waals surface area contributed by atoms with E-state index in [1.807, 2.05) is 36.4 Å². The summed E-state index contributed by atoms with van der Waals surface area (Å²) >= 11 is 0. The molecule has 0 spiro atoms. The predicted molar refractivity (Wildman–Crippen MR) is 97.4 cm³/mol. The molecule has 5 N–H and O–H groups in total. The van der Waals surface area contributed by atoms with Gasteiger partial charge < -0.3 is 25.5 Å². The van der Waals surface area contributed by atoms with E-state index in [1.165, 1.54) is 6.07 Å². The number of aliphatic hydroxyl groups excluding tert-OH is 4. The maximum absolute atomic E-state index is 12.4. The molecule has 0 fully saturated rings. The van der Waals surface area contributed by atoms with E-state index in [4.69, 9.17) is 5.11 Å². The summed E-state index contributed by atoms with van der Waals surface area (Å²) in [7, 11) is 0. The van der Waals surface area contributed by atoms with Crippen LogP contribution in [0, 0.1) is 0 Å². The van der Waals surface area contributed by atoms with Gasteiger partial charge >= 0.3 is 5.97 Å². The number of hydrogen-bond donors (Lipinski definition) is 5. The van der Waals surface area contributed by atoms with Crippen LogP contribution in [0.25, 0.3) is 21.5 Å². The molecule has 0 aliphatic rings. The molecule has 0 unspecified atom stereocenters. The first-order valence-electron chi connectivity index (χ1n) is 8.21. The van der Waals surface area contributed by atoms with Crippen molar-refractivity contribution in [3.63, 3.8) is 0 Å². The molecular weight excluding hydrogens is 352 g/mol. The molecule has 3 aromatic rings. The van der Waals surface area contributed by atoms with E-state index in [0.29, 0.717) is 0 Å². The van der Waals surface area contributed by atoms with E-state index < -0.39 is 36.2 Å². The normalized spacial score (nSPS) is 16.0. The molecular formula is C20H18O7. The van der Waals surface area contributed by atoms with Crippen molar-refractivity contribution in [3.05, 3.63) is 60.2 Å². The van der Waals surface area contributed by atoms with Gasteiger partial charge in [0.2, 0.25) is 0 Å². The molecule has 7 heteroatoms. The lowest BCUT2D eigenvalue weighted by molar-refractivity contribution is -0.161. The Kier molecular flexibility index (Phi) is 5.20. The number of carbonyl (C=O) groups is 2. The number of carboxylic acid groups (broad SMARTS) is 1. The van der Waals surface area contributed by atoms with Gasteiger partial charge in [0.25, 0.3) is 0 Å². The highest BCUT2D eigenvalue weighted by molar-refractivity contribution is 6.05. The Morgan fingerprint density at radius 2 is 1.19 bits per heavy atom. The third-order valence-electron chi connectivity index (χ3n) is 4.51. The molecule has 4 atom stereocenters. The number of carbonyl (C=O) groups excluding carboxylic acids is 1. The second-order valence-corrected chi connectivity index (χ2v) is 6.33. The van der Waals surface area contributed by atoms with Crippen molar-refractivity contribution in [2.75, 3.05) is 0 Å². The maximum Gasteiger partial charge on any atom is 0.335 e. The van der Waals surface area contributed by atoms with Crippen molar-refractivity contribution in [1.29, 1.82) is 0 Å². The third-order valence-corrected chi connectivity index (χ3v) is 4.51. The average molecular weight is 370 g/mol. The highest BCUT2D eigenvalue weighted by atomic mass is 16.4. The zero-order chi connectivity index (χ0) is 19.7. The number of fused-ring (bicyclic) bond motifs is 2. The van der Waals surface area contributed by atoms with Crippen LogP contribution in [0.15, 0.2) is 54.6 Å². The van der Waals surface area contributed by atoms with Crippen LogP contribution in [0.1, 0.15) is 10.4 Å². The molecule has 3 rings (SSSR count). The van der Waals surface area contributed by atoms with E-state index in [1.54, 1.807) is 12.1 Å². The molecule has 27 heavy (non-hydrogen) atoms. The standard InChI is InChI=1S/C20H18O7/c21-15(16(22)17(23)18(24)19(25)20(26)27)13-6-5-12-7-10-3-1-2-4-11(10)8-14(12)9-13/h1-9,16-19,22-25H,(H,26,27)/t16-,17+,18-,19-/m0/s1. The van der Waals surface area contributed by atoms with Crippen LogP contribution >= 0.6 is 0 Å². The van der Waals surface area contributed by atoms with Crippen LogP contribution in [0.5, 0.6) is 0 Å². The van der Waals surface area contributed by atoms with Gasteiger partial charge in [-0.05, 0) is 39.7 Å². The fraction of sp³-hybridized carbons (Fsp3) is 0.200. The van der Waals surface area contributed by atoms with Crippen LogP contribution in [-0.4, -0.2) is 61.7 Å². The van der Waals surface area contributed by atoms with Gasteiger partial charge in [-0.25, -0.2) is 4.79 Å². The van der Waals surface area contributed by atoms with Gasteiger partial charge in [-0.15, -0.1) is 0 Å². The topological polar surface area (TPSA) is 135 Å². The third kappa shape index (κ3) is 3.67. The fourth-order valence-corrected chi connectivity index (χ4v) is 2.94. The monoisotopic (exact) mass is 370 g/mol. The molecule has 0 heterocycles. The Hall–Kier alpha value is -2.84. The van der Waals surface area contributed by atoms with Crippen molar-refractivity contribution >= 4 is 33.3 Å². The summed E-state index contributed by atoms with van der Waals surface area (Å²) in [6.07, 6.45) is -8.79. The zero-order valence-corrected chi connectivity index (χ0v) is 14.1. The van der Waals surface area contributed by atoms with E-state index in [9.17, 15) is 30.0 Å². The maximum atomic E-state index is 12.4. The minimum Gasteiger partial charge on any atom is -0.479 e. The van der Waals surface area contributed by atoms with Gasteiger partial charge in [-0.1, -0.05) is 36.4 Å². The average Bonchev–Trinajstić information content (AvgIpc) is 2.68. The fourth-order valence-electron chi connectivity index (χ4n) is 2.94. The molecule has 0 amide bonds. The Bertz CT molecular complexity index is 1010. The number of rotatable bonds is 6. The van der Waals surface area contributed by atoms with E-state index >= 15 is 0 Å². The largest absolute Gasteiger partial charge is 0.479 e. The van der Waals surface area contributed by atoms with Crippen LogP contribution in [0.4, 0.5) is 0 Å². The van der Waals surface area contributed by atoms with Gasteiger partial charge in [0.1, 0.15) is 18.3 Å². The quantitative estimate of drug-likeness (QED) is 0.318. The van der Waals surface area contributed by atoms with Crippen LogP contribution in [0.2, 0.25) is 0 Å². The minimum atomic E-state index is -2.33. The number of aliphatic hydroxyl groups is 4. The van der Waals surface area contributed by atoms with Gasteiger partial charge in [0.05, 0.1) is 0 Å². The number of aliphatic carboxylic acids is 1. The molecule has 0 saturated heterocycles. The van der Waals surface area contributed by atoms with Crippen molar-refractivity contribution < 1.29 is 35.1 Å². The van der Waals surface area contributed by atoms with Gasteiger partial charge in [0.15, 0.2) is 11.9 Å². The van der Waals surface area contributed by atoms with Crippen molar-refractivity contribution in [1.82, 2.24) is 0 Å². The first-order valence-corrected chi connectivity index (χ1v) is 8.21. The summed E-state index contributed by atoms with van der Waals surface area (Å²) in [6, 6.07) is 16.2. The SMILES string of the molecule is O=C(O)[C@@H](O)[C@@H](O)[C@H](O)[C@@H](O)C(=O)c1ccc2cc3ccccc3cc2c1. The molecule has 0 saturated carbocycles. The number of Topliss-reactive ketones (excluding diaryl/α,β-unsaturated/α-hetero) is 1. The smallest absolute Gasteiger partial charge is 0.335 e. The molecule has 0 radical (unpaired) electrons. The first-order chi connectivity index (χ1) is 12.8. The Morgan fingerprint density at radius 1 is 0.667 bits per heavy atom. The van der Waals surface area contributed by atoms with Crippen molar-refractivity contribution in [3.8, 4) is 0 Å². The predicted octanol–water partition coefficient (Wildman–Crippen LogP) is 0.704. The lowest BCUT2D eigenvalue weighted by Crippen LogP contribution is -2.50. The zero-order valence-electron chi connectivity index (χ0n) is 14.1. The highest BCUT2D eigenvalue weighted by Gasteiger charge is 2.37. The Morgan fingerprint density at radius 3 is 1.78 bits per heavy atom. The second kappa shape index (κ2) is 7.42. The lowest BCUT2D eigenvalue weighted by Gasteiger charge is -2.23. The number of carboxylic acids is 1. The van der Waals surface area contributed by atoms with E-state index in [-0.39, 0.29) is 5.56 Å². The summed E-state index contributed by atoms with van der Waals surface area (Å²) in [5, 5.41) is 51.0. The second-order valence-electron chi connectivity index (χ2n) is 6.33. The van der Waals surface area contributed by atoms with E-state index in [2.05, 4.69) is 0 Å². The minimum absolute atomic E-state index is 0.0846. The van der Waals surface area contributed by atoms with Gasteiger partial charge in [-0.3, -0.25) is 4.79 Å². The van der Waals surface area contributed by atoms with Crippen molar-refractivity contribution in [2.45, 2.75) is 24.4 Å². The molecule has 0 bridgehead atoms. The molecule has 140 valence electrons.